The van der Waals surface area contributed by atoms with E-state index in [-0.39, 0.29) is 5.91 Å². The van der Waals surface area contributed by atoms with Gasteiger partial charge in [0.1, 0.15) is 0 Å². The number of fused-ring (bicyclic) bond motifs is 1. The van der Waals surface area contributed by atoms with E-state index in [2.05, 4.69) is 24.9 Å². The fraction of sp³-hybridized carbons (Fsp3) is 0.417. The molecule has 4 rings (SSSR count). The Morgan fingerprint density at radius 2 is 1.72 bits per heavy atom. The number of piperazine rings is 1. The van der Waals surface area contributed by atoms with E-state index in [1.54, 1.807) is 28.4 Å². The Bertz CT molecular complexity index is 1150. The average Bonchev–Trinajstić information content (AvgIpc) is 3.22. The Morgan fingerprint density at radius 1 is 1.03 bits per heavy atom. The van der Waals surface area contributed by atoms with Gasteiger partial charge in [-0.3, -0.25) is 4.79 Å². The Hall–Kier alpha value is -2.29. The van der Waals surface area contributed by atoms with Crippen LogP contribution in [0.1, 0.15) is 43.2 Å². The van der Waals surface area contributed by atoms with Gasteiger partial charge in [-0.1, -0.05) is 38.1 Å². The minimum absolute atomic E-state index is 0.0874. The Balaban J connectivity index is 1.27. The second-order valence-corrected chi connectivity index (χ2v) is 11.5. The molecule has 0 atom stereocenters. The molecule has 1 amide bonds. The van der Waals surface area contributed by atoms with Crippen molar-refractivity contribution < 1.29 is 13.2 Å². The predicted molar refractivity (Wildman–Crippen MR) is 128 cm³/mol. The van der Waals surface area contributed by atoms with Gasteiger partial charge in [0.15, 0.2) is 0 Å². The van der Waals surface area contributed by atoms with Crippen molar-refractivity contribution in [1.29, 1.82) is 0 Å². The summed E-state index contributed by atoms with van der Waals surface area (Å²) >= 11 is 1.68. The van der Waals surface area contributed by atoms with E-state index in [1.807, 2.05) is 30.3 Å². The molecule has 1 aliphatic heterocycles. The zero-order valence-corrected chi connectivity index (χ0v) is 20.2. The maximum Gasteiger partial charge on any atom is 0.243 e. The van der Waals surface area contributed by atoms with Crippen LogP contribution in [0, 0.1) is 0 Å². The second-order valence-electron chi connectivity index (χ2n) is 8.44. The van der Waals surface area contributed by atoms with Gasteiger partial charge in [-0.05, 0) is 48.6 Å². The van der Waals surface area contributed by atoms with Gasteiger partial charge in [0.2, 0.25) is 15.9 Å². The standard InChI is InChI=1S/C24H29N3O3S2/c1-18(2)19-10-12-20(13-11-19)32(29,30)27-16-14-26(15-17-27)24(28)9-5-8-23-25-21-6-3-4-7-22(21)31-23/h3-4,6-7,10-13,18H,5,8-9,14-17H2,1-2H3. The maximum absolute atomic E-state index is 13.0. The van der Waals surface area contributed by atoms with Gasteiger partial charge in [0.05, 0.1) is 20.1 Å². The number of thiazole rings is 1. The van der Waals surface area contributed by atoms with Crippen LogP contribution < -0.4 is 0 Å². The van der Waals surface area contributed by atoms with Crippen molar-refractivity contribution in [3.63, 3.8) is 0 Å². The fourth-order valence-electron chi connectivity index (χ4n) is 3.93. The summed E-state index contributed by atoms with van der Waals surface area (Å²) in [4.78, 5) is 19.4. The maximum atomic E-state index is 13.0. The molecule has 2 heterocycles. The molecular formula is C24H29N3O3S2. The fourth-order valence-corrected chi connectivity index (χ4v) is 6.36. The first-order valence-corrected chi connectivity index (χ1v) is 13.3. The van der Waals surface area contributed by atoms with Crippen molar-refractivity contribution >= 4 is 37.5 Å². The Labute approximate surface area is 193 Å². The number of nitrogens with zero attached hydrogens (tertiary/aromatic N) is 3. The first-order chi connectivity index (χ1) is 15.3. The number of rotatable bonds is 7. The SMILES string of the molecule is CC(C)c1ccc(S(=O)(=O)N2CCN(C(=O)CCCc3nc4ccccc4s3)CC2)cc1. The zero-order valence-electron chi connectivity index (χ0n) is 18.5. The number of sulfonamides is 1. The molecule has 0 unspecified atom stereocenters. The molecule has 1 aromatic heterocycles. The van der Waals surface area contributed by atoms with E-state index in [1.165, 1.54) is 9.01 Å². The summed E-state index contributed by atoms with van der Waals surface area (Å²) in [7, 11) is -3.53. The third-order valence-corrected chi connectivity index (χ3v) is 8.90. The number of carbonyl (C=O) groups excluding carboxylic acids is 1. The lowest BCUT2D eigenvalue weighted by Crippen LogP contribution is -2.50. The molecule has 1 aliphatic rings. The van der Waals surface area contributed by atoms with Gasteiger partial charge in [-0.15, -0.1) is 11.3 Å². The largest absolute Gasteiger partial charge is 0.340 e. The lowest BCUT2D eigenvalue weighted by atomic mass is 10.0. The van der Waals surface area contributed by atoms with Crippen molar-refractivity contribution in [3.8, 4) is 0 Å². The van der Waals surface area contributed by atoms with Gasteiger partial charge in [-0.2, -0.15) is 4.31 Å². The van der Waals surface area contributed by atoms with Crippen LogP contribution in [-0.4, -0.2) is 54.7 Å². The van der Waals surface area contributed by atoms with Crippen molar-refractivity contribution in [3.05, 3.63) is 59.1 Å². The normalized spacial score (nSPS) is 15.5. The molecule has 0 aliphatic carbocycles. The van der Waals surface area contributed by atoms with Crippen LogP contribution >= 0.6 is 11.3 Å². The van der Waals surface area contributed by atoms with Crippen LogP contribution in [0.5, 0.6) is 0 Å². The van der Waals surface area contributed by atoms with Gasteiger partial charge in [0.25, 0.3) is 0 Å². The number of aryl methyl sites for hydroxylation is 1. The summed E-state index contributed by atoms with van der Waals surface area (Å²) in [6.45, 7) is 5.69. The summed E-state index contributed by atoms with van der Waals surface area (Å²) in [5.74, 6) is 0.445. The number of amides is 1. The highest BCUT2D eigenvalue weighted by molar-refractivity contribution is 7.89. The molecule has 0 bridgehead atoms. The number of hydrogen-bond donors (Lipinski definition) is 0. The van der Waals surface area contributed by atoms with Gasteiger partial charge < -0.3 is 4.90 Å². The summed E-state index contributed by atoms with van der Waals surface area (Å²) in [5.41, 5.74) is 2.13. The Kier molecular flexibility index (Phi) is 6.93. The highest BCUT2D eigenvalue weighted by Crippen LogP contribution is 2.24. The van der Waals surface area contributed by atoms with E-state index < -0.39 is 10.0 Å². The number of para-hydroxylation sites is 1. The molecule has 2 aromatic carbocycles. The molecule has 170 valence electrons. The topological polar surface area (TPSA) is 70.6 Å². The predicted octanol–water partition coefficient (Wildman–Crippen LogP) is 4.28. The van der Waals surface area contributed by atoms with Crippen molar-refractivity contribution in [2.75, 3.05) is 26.2 Å². The Morgan fingerprint density at radius 3 is 2.38 bits per heavy atom. The molecule has 0 radical (unpaired) electrons. The average molecular weight is 472 g/mol. The van der Waals surface area contributed by atoms with Gasteiger partial charge >= 0.3 is 0 Å². The molecule has 1 fully saturated rings. The monoisotopic (exact) mass is 471 g/mol. The summed E-state index contributed by atoms with van der Waals surface area (Å²) < 4.78 is 28.6. The van der Waals surface area contributed by atoms with Gasteiger partial charge in [-0.25, -0.2) is 13.4 Å². The second kappa shape index (κ2) is 9.68. The minimum atomic E-state index is -3.53. The summed E-state index contributed by atoms with van der Waals surface area (Å²) in [6.07, 6.45) is 1.99. The minimum Gasteiger partial charge on any atom is -0.340 e. The van der Waals surface area contributed by atoms with Gasteiger partial charge in [0, 0.05) is 32.6 Å². The molecule has 3 aromatic rings. The molecule has 0 N–H and O–H groups in total. The van der Waals surface area contributed by atoms with E-state index in [0.29, 0.717) is 43.4 Å². The summed E-state index contributed by atoms with van der Waals surface area (Å²) in [6, 6.07) is 15.2. The van der Waals surface area contributed by atoms with Crippen LogP contribution in [0.2, 0.25) is 0 Å². The third-order valence-electron chi connectivity index (χ3n) is 5.90. The first-order valence-electron chi connectivity index (χ1n) is 11.1. The van der Waals surface area contributed by atoms with Crippen LogP contribution in [0.4, 0.5) is 0 Å². The highest BCUT2D eigenvalue weighted by atomic mass is 32.2. The molecular weight excluding hydrogens is 442 g/mol. The zero-order chi connectivity index (χ0) is 22.7. The van der Waals surface area contributed by atoms with Crippen LogP contribution in [0.25, 0.3) is 10.2 Å². The third kappa shape index (κ3) is 5.03. The summed E-state index contributed by atoms with van der Waals surface area (Å²) in [5, 5.41) is 1.05. The van der Waals surface area contributed by atoms with Crippen molar-refractivity contribution in [1.82, 2.24) is 14.2 Å². The lowest BCUT2D eigenvalue weighted by Gasteiger charge is -2.34. The number of aromatic nitrogens is 1. The smallest absolute Gasteiger partial charge is 0.243 e. The quantitative estimate of drug-likeness (QED) is 0.516. The van der Waals surface area contributed by atoms with Crippen LogP contribution in [0.15, 0.2) is 53.4 Å². The molecule has 6 nitrogen and oxygen atoms in total. The molecule has 32 heavy (non-hydrogen) atoms. The number of benzene rings is 2. The van der Waals surface area contributed by atoms with E-state index in [0.717, 1.165) is 28.9 Å². The number of hydrogen-bond acceptors (Lipinski definition) is 5. The highest BCUT2D eigenvalue weighted by Gasteiger charge is 2.30. The first kappa shape index (κ1) is 22.9. The van der Waals surface area contributed by atoms with Crippen molar-refractivity contribution in [2.24, 2.45) is 0 Å². The molecule has 0 spiro atoms. The van der Waals surface area contributed by atoms with E-state index in [9.17, 15) is 13.2 Å². The van der Waals surface area contributed by atoms with E-state index in [4.69, 9.17) is 0 Å². The molecule has 0 saturated carbocycles. The van der Waals surface area contributed by atoms with Crippen molar-refractivity contribution in [2.45, 2.75) is 43.9 Å². The van der Waals surface area contributed by atoms with E-state index >= 15 is 0 Å². The van der Waals surface area contributed by atoms with Crippen LogP contribution in [-0.2, 0) is 21.2 Å². The molecule has 8 heteroatoms. The van der Waals surface area contributed by atoms with Crippen LogP contribution in [0.3, 0.4) is 0 Å². The lowest BCUT2D eigenvalue weighted by molar-refractivity contribution is -0.132. The molecule has 1 saturated heterocycles. The number of carbonyl (C=O) groups is 1.